The number of hydrogen-bond acceptors (Lipinski definition) is 6. The Bertz CT molecular complexity index is 1190. The number of allylic oxidation sites excluding steroid dienone is 4. The van der Waals surface area contributed by atoms with Crippen LogP contribution in [-0.2, 0) is 4.79 Å². The van der Waals surface area contributed by atoms with E-state index in [1.165, 1.54) is 12.2 Å². The number of nitrogen functional groups attached to an aromatic ring is 1. The molecule has 6 heteroatoms. The van der Waals surface area contributed by atoms with Gasteiger partial charge in [-0.1, -0.05) is 17.7 Å². The van der Waals surface area contributed by atoms with Crippen LogP contribution in [-0.4, -0.2) is 16.6 Å². The second-order valence-electron chi connectivity index (χ2n) is 7.23. The summed E-state index contributed by atoms with van der Waals surface area (Å²) in [5.74, 6) is -0.00587. The fourth-order valence-corrected chi connectivity index (χ4v) is 3.04. The highest BCUT2D eigenvalue weighted by atomic mass is 16.3. The Morgan fingerprint density at radius 2 is 1.39 bits per heavy atom. The molecule has 0 spiro atoms. The maximum atomic E-state index is 11.4. The summed E-state index contributed by atoms with van der Waals surface area (Å²) >= 11 is 0. The number of nitrogens with two attached hydrogens (primary N) is 1. The molecule has 0 saturated heterocycles. The van der Waals surface area contributed by atoms with E-state index >= 15 is 0 Å². The van der Waals surface area contributed by atoms with E-state index < -0.39 is 0 Å². The van der Waals surface area contributed by atoms with Gasteiger partial charge >= 0.3 is 0 Å². The molecular formula is C25H22N4O2. The molecule has 0 amide bonds. The van der Waals surface area contributed by atoms with E-state index in [-0.39, 0.29) is 11.5 Å². The smallest absolute Gasteiger partial charge is 0.178 e. The van der Waals surface area contributed by atoms with E-state index in [4.69, 9.17) is 5.73 Å². The lowest BCUT2D eigenvalue weighted by Gasteiger charge is -2.15. The summed E-state index contributed by atoms with van der Waals surface area (Å²) in [5, 5.41) is 17.1. The van der Waals surface area contributed by atoms with Gasteiger partial charge in [-0.2, -0.15) is 0 Å². The van der Waals surface area contributed by atoms with Crippen LogP contribution >= 0.6 is 0 Å². The Morgan fingerprint density at radius 3 is 2.03 bits per heavy atom. The van der Waals surface area contributed by atoms with E-state index in [9.17, 15) is 9.90 Å². The maximum Gasteiger partial charge on any atom is 0.178 e. The second-order valence-corrected chi connectivity index (χ2v) is 7.23. The van der Waals surface area contributed by atoms with Gasteiger partial charge in [0.1, 0.15) is 5.75 Å². The minimum atomic E-state index is -0.0756. The normalized spacial score (nSPS) is 12.7. The summed E-state index contributed by atoms with van der Waals surface area (Å²) in [6.07, 6.45) is 6.27. The van der Waals surface area contributed by atoms with Crippen LogP contribution in [0.1, 0.15) is 5.56 Å². The molecule has 1 aliphatic carbocycles. The molecule has 0 atom stereocenters. The predicted molar refractivity (Wildman–Crippen MR) is 127 cm³/mol. The first-order valence-electron chi connectivity index (χ1n) is 9.78. The first-order valence-corrected chi connectivity index (χ1v) is 9.78. The Kier molecular flexibility index (Phi) is 5.53. The van der Waals surface area contributed by atoms with E-state index in [2.05, 4.69) is 15.6 Å². The zero-order chi connectivity index (χ0) is 21.8. The van der Waals surface area contributed by atoms with Gasteiger partial charge in [-0.05, 0) is 73.7 Å². The van der Waals surface area contributed by atoms with Crippen molar-refractivity contribution in [2.45, 2.75) is 6.92 Å². The number of nitrogens with one attached hydrogen (secondary N) is 2. The van der Waals surface area contributed by atoms with Crippen molar-refractivity contribution >= 4 is 45.6 Å². The number of carbonyl (C=O) groups excluding carboxylic acids is 1. The van der Waals surface area contributed by atoms with Gasteiger partial charge in [0.05, 0.1) is 22.8 Å². The minimum absolute atomic E-state index is 0.0697. The van der Waals surface area contributed by atoms with Crippen LogP contribution < -0.4 is 16.4 Å². The minimum Gasteiger partial charge on any atom is -0.506 e. The van der Waals surface area contributed by atoms with Crippen molar-refractivity contribution in [3.05, 3.63) is 90.5 Å². The summed E-state index contributed by atoms with van der Waals surface area (Å²) in [6.45, 7) is 2.02. The number of phenols is 1. The lowest BCUT2D eigenvalue weighted by molar-refractivity contribution is -0.110. The maximum absolute atomic E-state index is 11.4. The van der Waals surface area contributed by atoms with Gasteiger partial charge in [0.25, 0.3) is 0 Å². The van der Waals surface area contributed by atoms with Gasteiger partial charge in [-0.25, -0.2) is 4.99 Å². The van der Waals surface area contributed by atoms with Crippen molar-refractivity contribution in [2.75, 3.05) is 16.4 Å². The average molecular weight is 410 g/mol. The lowest BCUT2D eigenvalue weighted by atomic mass is 10.1. The molecule has 6 nitrogen and oxygen atoms in total. The molecule has 1 aliphatic rings. The Hall–Kier alpha value is -4.32. The molecule has 154 valence electrons. The summed E-state index contributed by atoms with van der Waals surface area (Å²) in [7, 11) is 0. The molecule has 0 fully saturated rings. The summed E-state index contributed by atoms with van der Waals surface area (Å²) in [6, 6.07) is 18.5. The number of nitrogens with zero attached hydrogens (tertiary/aromatic N) is 1. The van der Waals surface area contributed by atoms with Crippen molar-refractivity contribution in [3.8, 4) is 5.75 Å². The van der Waals surface area contributed by atoms with Crippen molar-refractivity contribution in [1.82, 2.24) is 0 Å². The Balaban J connectivity index is 1.73. The van der Waals surface area contributed by atoms with Gasteiger partial charge in [-0.15, -0.1) is 0 Å². The molecule has 0 bridgehead atoms. The number of hydrogen-bond donors (Lipinski definition) is 4. The SMILES string of the molecule is Cc1ccc(Nc2cc(O)c(Nc3ccc(N)cc3)cc2N=C2C=CC(=O)C=C2)cc1. The van der Waals surface area contributed by atoms with Crippen LogP contribution in [0, 0.1) is 6.92 Å². The van der Waals surface area contributed by atoms with Gasteiger partial charge in [0.15, 0.2) is 5.78 Å². The third-order valence-electron chi connectivity index (χ3n) is 4.72. The Morgan fingerprint density at radius 1 is 0.806 bits per heavy atom. The molecule has 4 rings (SSSR count). The highest BCUT2D eigenvalue weighted by Gasteiger charge is 2.11. The van der Waals surface area contributed by atoms with Crippen LogP contribution in [0.5, 0.6) is 5.75 Å². The third-order valence-corrected chi connectivity index (χ3v) is 4.72. The lowest BCUT2D eigenvalue weighted by Crippen LogP contribution is -2.00. The van der Waals surface area contributed by atoms with E-state index in [0.29, 0.717) is 28.5 Å². The number of aliphatic imine (C=N–C) groups is 1. The molecule has 0 aliphatic heterocycles. The van der Waals surface area contributed by atoms with E-state index in [0.717, 1.165) is 16.9 Å². The van der Waals surface area contributed by atoms with Crippen LogP contribution in [0.25, 0.3) is 0 Å². The number of ketones is 1. The molecular weight excluding hydrogens is 388 g/mol. The Labute approximate surface area is 180 Å². The third kappa shape index (κ3) is 5.00. The molecule has 5 N–H and O–H groups in total. The topological polar surface area (TPSA) is 99.7 Å². The largest absolute Gasteiger partial charge is 0.506 e. The standard InChI is InChI=1S/C25H22N4O2/c1-16-2-6-18(7-3-16)28-23-15-25(31)24(29-19-8-4-17(26)5-9-19)14-22(23)27-20-10-12-21(30)13-11-20/h2-15,28-29,31H,26H2,1H3. The van der Waals surface area contributed by atoms with Crippen LogP contribution in [0.4, 0.5) is 34.1 Å². The van der Waals surface area contributed by atoms with Crippen molar-refractivity contribution < 1.29 is 9.90 Å². The number of carbonyl (C=O) groups is 1. The molecule has 0 unspecified atom stereocenters. The van der Waals surface area contributed by atoms with E-state index in [1.807, 2.05) is 43.3 Å². The summed E-state index contributed by atoms with van der Waals surface area (Å²) in [5.41, 5.74) is 11.6. The molecule has 0 radical (unpaired) electrons. The number of aryl methyl sites for hydroxylation is 1. The monoisotopic (exact) mass is 410 g/mol. The fraction of sp³-hybridized carbons (Fsp3) is 0.0400. The molecule has 31 heavy (non-hydrogen) atoms. The molecule has 3 aromatic rings. The number of anilines is 5. The highest BCUT2D eigenvalue weighted by molar-refractivity contribution is 6.17. The van der Waals surface area contributed by atoms with Crippen LogP contribution in [0.2, 0.25) is 0 Å². The number of benzene rings is 3. The summed E-state index contributed by atoms with van der Waals surface area (Å²) < 4.78 is 0. The number of phenolic OH excluding ortho intramolecular Hbond substituents is 1. The second kappa shape index (κ2) is 8.59. The van der Waals surface area contributed by atoms with Crippen LogP contribution in [0.15, 0.2) is 90.0 Å². The van der Waals surface area contributed by atoms with Gasteiger partial charge in [-0.3, -0.25) is 4.79 Å². The number of aromatic hydroxyl groups is 1. The fourth-order valence-electron chi connectivity index (χ4n) is 3.04. The molecule has 0 saturated carbocycles. The van der Waals surface area contributed by atoms with Crippen LogP contribution in [0.3, 0.4) is 0 Å². The van der Waals surface area contributed by atoms with Crippen molar-refractivity contribution in [3.63, 3.8) is 0 Å². The van der Waals surface area contributed by atoms with Gasteiger partial charge in [0, 0.05) is 23.1 Å². The summed E-state index contributed by atoms with van der Waals surface area (Å²) in [4.78, 5) is 16.1. The highest BCUT2D eigenvalue weighted by Crippen LogP contribution is 2.39. The average Bonchev–Trinajstić information content (AvgIpc) is 2.76. The molecule has 0 aromatic heterocycles. The quantitative estimate of drug-likeness (QED) is 0.251. The predicted octanol–water partition coefficient (Wildman–Crippen LogP) is 5.54. The zero-order valence-corrected chi connectivity index (χ0v) is 17.0. The number of rotatable bonds is 5. The first kappa shape index (κ1) is 20.0. The first-order chi connectivity index (χ1) is 15.0. The molecule has 0 heterocycles. The van der Waals surface area contributed by atoms with Gasteiger partial charge in [0.2, 0.25) is 0 Å². The zero-order valence-electron chi connectivity index (χ0n) is 17.0. The molecule has 3 aromatic carbocycles. The van der Waals surface area contributed by atoms with Gasteiger partial charge < -0.3 is 21.5 Å². The van der Waals surface area contributed by atoms with E-state index in [1.54, 1.807) is 36.4 Å². The van der Waals surface area contributed by atoms with Crippen molar-refractivity contribution in [2.24, 2.45) is 4.99 Å². The van der Waals surface area contributed by atoms with Crippen molar-refractivity contribution in [1.29, 1.82) is 0 Å².